The zero-order valence-electron chi connectivity index (χ0n) is 11.6. The molecule has 19 heavy (non-hydrogen) atoms. The number of hydrogen-bond donors (Lipinski definition) is 2. The van der Waals surface area contributed by atoms with Crippen molar-refractivity contribution in [3.63, 3.8) is 0 Å². The highest BCUT2D eigenvalue weighted by molar-refractivity contribution is 7.99. The summed E-state index contributed by atoms with van der Waals surface area (Å²) in [6.45, 7) is 4.59. The molecular formula is C13H22N4OS. The molecule has 1 unspecified atom stereocenters. The van der Waals surface area contributed by atoms with Gasteiger partial charge in [0.15, 0.2) is 0 Å². The van der Waals surface area contributed by atoms with Gasteiger partial charge in [-0.25, -0.2) is 4.98 Å². The fourth-order valence-corrected chi connectivity index (χ4v) is 2.63. The SMILES string of the molecule is CCNC(C)(CCCCSc1cnccn1)C(N)=O. The van der Waals surface area contributed by atoms with Gasteiger partial charge in [0.1, 0.15) is 5.03 Å². The lowest BCUT2D eigenvalue weighted by Gasteiger charge is -2.26. The van der Waals surface area contributed by atoms with Crippen molar-refractivity contribution < 1.29 is 4.79 Å². The molecule has 1 rings (SSSR count). The molecule has 6 heteroatoms. The van der Waals surface area contributed by atoms with Crippen LogP contribution in [-0.4, -0.2) is 33.7 Å². The van der Waals surface area contributed by atoms with E-state index in [1.165, 1.54) is 0 Å². The van der Waals surface area contributed by atoms with Crippen LogP contribution in [0.25, 0.3) is 0 Å². The van der Waals surface area contributed by atoms with Crippen LogP contribution in [0.5, 0.6) is 0 Å². The predicted molar refractivity (Wildman–Crippen MR) is 77.9 cm³/mol. The number of rotatable bonds is 9. The highest BCUT2D eigenvalue weighted by Gasteiger charge is 2.28. The van der Waals surface area contributed by atoms with Gasteiger partial charge >= 0.3 is 0 Å². The van der Waals surface area contributed by atoms with Gasteiger partial charge in [0.25, 0.3) is 0 Å². The van der Waals surface area contributed by atoms with Crippen LogP contribution in [0.2, 0.25) is 0 Å². The van der Waals surface area contributed by atoms with Crippen LogP contribution in [0.3, 0.4) is 0 Å². The van der Waals surface area contributed by atoms with Crippen LogP contribution in [0.15, 0.2) is 23.6 Å². The van der Waals surface area contributed by atoms with E-state index in [1.807, 2.05) is 13.8 Å². The standard InChI is InChI=1S/C13H22N4OS/c1-3-17-13(2,12(14)18)6-4-5-9-19-11-10-15-7-8-16-11/h7-8,10,17H,3-6,9H2,1-2H3,(H2,14,18). The van der Waals surface area contributed by atoms with E-state index in [2.05, 4.69) is 15.3 Å². The molecule has 5 nitrogen and oxygen atoms in total. The second kappa shape index (κ2) is 8.12. The lowest BCUT2D eigenvalue weighted by atomic mass is 9.94. The Kier molecular flexibility index (Phi) is 6.80. The fourth-order valence-electron chi connectivity index (χ4n) is 1.81. The Hall–Kier alpha value is -1.14. The van der Waals surface area contributed by atoms with E-state index in [0.29, 0.717) is 0 Å². The number of thioether (sulfide) groups is 1. The van der Waals surface area contributed by atoms with Crippen LogP contribution in [0, 0.1) is 0 Å². The van der Waals surface area contributed by atoms with E-state index in [0.717, 1.165) is 36.6 Å². The third-order valence-corrected chi connectivity index (χ3v) is 3.97. The van der Waals surface area contributed by atoms with Gasteiger partial charge in [-0.15, -0.1) is 11.8 Å². The number of likely N-dealkylation sites (N-methyl/N-ethyl adjacent to an activating group) is 1. The van der Waals surface area contributed by atoms with Gasteiger partial charge in [0, 0.05) is 12.4 Å². The molecule has 3 N–H and O–H groups in total. The van der Waals surface area contributed by atoms with Gasteiger partial charge in [-0.05, 0) is 32.1 Å². The molecule has 0 aliphatic rings. The zero-order chi connectivity index (χ0) is 14.1. The molecular weight excluding hydrogens is 260 g/mol. The first-order valence-corrected chi connectivity index (χ1v) is 7.51. The van der Waals surface area contributed by atoms with Crippen molar-refractivity contribution in [2.24, 2.45) is 5.73 Å². The fraction of sp³-hybridized carbons (Fsp3) is 0.615. The minimum Gasteiger partial charge on any atom is -0.368 e. The highest BCUT2D eigenvalue weighted by atomic mass is 32.2. The summed E-state index contributed by atoms with van der Waals surface area (Å²) in [7, 11) is 0. The number of unbranched alkanes of at least 4 members (excludes halogenated alkanes) is 1. The molecule has 1 aromatic heterocycles. The monoisotopic (exact) mass is 282 g/mol. The number of primary amides is 1. The van der Waals surface area contributed by atoms with Gasteiger partial charge in [-0.3, -0.25) is 9.78 Å². The maximum absolute atomic E-state index is 11.4. The number of nitrogens with zero attached hydrogens (tertiary/aromatic N) is 2. The minimum atomic E-state index is -0.591. The van der Waals surface area contributed by atoms with Crippen molar-refractivity contribution in [2.45, 2.75) is 43.7 Å². The van der Waals surface area contributed by atoms with Gasteiger partial charge in [-0.1, -0.05) is 13.3 Å². The summed E-state index contributed by atoms with van der Waals surface area (Å²) in [6.07, 6.45) is 7.86. The Balaban J connectivity index is 2.24. The first-order chi connectivity index (χ1) is 9.08. The first-order valence-electron chi connectivity index (χ1n) is 6.52. The Morgan fingerprint density at radius 2 is 2.26 bits per heavy atom. The molecule has 0 aliphatic heterocycles. The van der Waals surface area contributed by atoms with E-state index < -0.39 is 5.54 Å². The van der Waals surface area contributed by atoms with E-state index in [-0.39, 0.29) is 5.91 Å². The number of carbonyl (C=O) groups is 1. The molecule has 0 aliphatic carbocycles. The summed E-state index contributed by atoms with van der Waals surface area (Å²) < 4.78 is 0. The van der Waals surface area contributed by atoms with Crippen molar-refractivity contribution in [2.75, 3.05) is 12.3 Å². The second-order valence-electron chi connectivity index (χ2n) is 4.58. The maximum Gasteiger partial charge on any atom is 0.237 e. The molecule has 0 fully saturated rings. The van der Waals surface area contributed by atoms with E-state index in [9.17, 15) is 4.79 Å². The summed E-state index contributed by atoms with van der Waals surface area (Å²) in [5, 5.41) is 4.10. The molecule has 106 valence electrons. The first kappa shape index (κ1) is 15.9. The number of carbonyl (C=O) groups excluding carboxylic acids is 1. The predicted octanol–water partition coefficient (Wildman–Crippen LogP) is 1.59. The van der Waals surface area contributed by atoms with Crippen LogP contribution in [0.1, 0.15) is 33.1 Å². The van der Waals surface area contributed by atoms with Gasteiger partial charge < -0.3 is 11.1 Å². The number of hydrogen-bond acceptors (Lipinski definition) is 5. The van der Waals surface area contributed by atoms with Crippen molar-refractivity contribution in [1.82, 2.24) is 15.3 Å². The number of nitrogens with one attached hydrogen (secondary N) is 1. The molecule has 0 saturated carbocycles. The summed E-state index contributed by atoms with van der Waals surface area (Å²) >= 11 is 1.68. The Bertz CT molecular complexity index is 387. The Labute approximate surface area is 118 Å². The third-order valence-electron chi connectivity index (χ3n) is 2.97. The molecule has 1 aromatic rings. The molecule has 1 heterocycles. The van der Waals surface area contributed by atoms with Crippen LogP contribution < -0.4 is 11.1 Å². The lowest BCUT2D eigenvalue weighted by Crippen LogP contribution is -2.52. The van der Waals surface area contributed by atoms with Crippen LogP contribution in [0.4, 0.5) is 0 Å². The average Bonchev–Trinajstić information content (AvgIpc) is 2.39. The number of nitrogens with two attached hydrogens (primary N) is 1. The van der Waals surface area contributed by atoms with Crippen molar-refractivity contribution in [3.8, 4) is 0 Å². The van der Waals surface area contributed by atoms with Crippen LogP contribution >= 0.6 is 11.8 Å². The van der Waals surface area contributed by atoms with Gasteiger partial charge in [0.05, 0.1) is 11.7 Å². The smallest absolute Gasteiger partial charge is 0.237 e. The number of amides is 1. The lowest BCUT2D eigenvalue weighted by molar-refractivity contribution is -0.124. The Morgan fingerprint density at radius 3 is 2.84 bits per heavy atom. The normalized spacial score (nSPS) is 14.0. The van der Waals surface area contributed by atoms with Gasteiger partial charge in [0.2, 0.25) is 5.91 Å². The van der Waals surface area contributed by atoms with E-state index in [1.54, 1.807) is 30.4 Å². The molecule has 0 aromatic carbocycles. The van der Waals surface area contributed by atoms with E-state index in [4.69, 9.17) is 5.73 Å². The van der Waals surface area contributed by atoms with E-state index >= 15 is 0 Å². The second-order valence-corrected chi connectivity index (χ2v) is 5.69. The Morgan fingerprint density at radius 1 is 1.47 bits per heavy atom. The summed E-state index contributed by atoms with van der Waals surface area (Å²) in [5.41, 5.74) is 4.85. The molecule has 1 atom stereocenters. The molecule has 1 amide bonds. The molecule has 0 bridgehead atoms. The highest BCUT2D eigenvalue weighted by Crippen LogP contribution is 2.18. The van der Waals surface area contributed by atoms with Crippen molar-refractivity contribution in [3.05, 3.63) is 18.6 Å². The molecule has 0 saturated heterocycles. The maximum atomic E-state index is 11.4. The average molecular weight is 282 g/mol. The summed E-state index contributed by atoms with van der Waals surface area (Å²) in [5.74, 6) is 0.690. The number of aromatic nitrogens is 2. The minimum absolute atomic E-state index is 0.282. The quantitative estimate of drug-likeness (QED) is 0.531. The molecule has 0 spiro atoms. The van der Waals surface area contributed by atoms with Gasteiger partial charge in [-0.2, -0.15) is 0 Å². The van der Waals surface area contributed by atoms with Crippen molar-refractivity contribution in [1.29, 1.82) is 0 Å². The molecule has 0 radical (unpaired) electrons. The summed E-state index contributed by atoms with van der Waals surface area (Å²) in [6, 6.07) is 0. The largest absolute Gasteiger partial charge is 0.368 e. The topological polar surface area (TPSA) is 80.9 Å². The van der Waals surface area contributed by atoms with Crippen LogP contribution in [-0.2, 0) is 4.79 Å². The third kappa shape index (κ3) is 5.57. The van der Waals surface area contributed by atoms with Crippen molar-refractivity contribution >= 4 is 17.7 Å². The summed E-state index contributed by atoms with van der Waals surface area (Å²) in [4.78, 5) is 19.6. The zero-order valence-corrected chi connectivity index (χ0v) is 12.4.